The van der Waals surface area contributed by atoms with Crippen LogP contribution in [0.2, 0.25) is 0 Å². The molecule has 0 bridgehead atoms. The van der Waals surface area contributed by atoms with E-state index in [1.807, 2.05) is 0 Å². The maximum Gasteiger partial charge on any atom is 0.490 e. The Kier molecular flexibility index (Phi) is 7.15. The summed E-state index contributed by atoms with van der Waals surface area (Å²) in [5.74, 6) is 0.413. The van der Waals surface area contributed by atoms with E-state index in [4.69, 9.17) is 31.9 Å². The van der Waals surface area contributed by atoms with E-state index in [0.29, 0.717) is 5.82 Å². The van der Waals surface area contributed by atoms with Gasteiger partial charge < -0.3 is 35.2 Å². The molecule has 0 aliphatic carbocycles. The smallest absolute Gasteiger partial charge is 0.388 e. The van der Waals surface area contributed by atoms with Gasteiger partial charge in [0.25, 0.3) is 0 Å². The third kappa shape index (κ3) is 5.97. The molecule has 17 nitrogen and oxygen atoms in total. The maximum atomic E-state index is 11.9. The molecule has 2 unspecified atom stereocenters. The minimum Gasteiger partial charge on any atom is -0.388 e. The maximum absolute atomic E-state index is 11.9. The third-order valence-corrected chi connectivity index (χ3v) is 8.56. The number of fused-ring (bicyclic) bond motifs is 1. The van der Waals surface area contributed by atoms with Gasteiger partial charge in [0, 0.05) is 0 Å². The van der Waals surface area contributed by atoms with Crippen molar-refractivity contribution in [3.8, 4) is 0 Å². The second-order valence-corrected chi connectivity index (χ2v) is 12.2. The summed E-state index contributed by atoms with van der Waals surface area (Å²) in [6, 6.07) is 0. The number of aliphatic hydroxyl groups excluding tert-OH is 1. The number of nitrogens with zero attached hydrogens (tertiary/aromatic N) is 4. The fourth-order valence-electron chi connectivity index (χ4n) is 3.04. The predicted molar refractivity (Wildman–Crippen MR) is 108 cm³/mol. The van der Waals surface area contributed by atoms with Crippen LogP contribution in [-0.2, 0) is 31.6 Å². The fraction of sp³-hybridized carbons (Fsp3) is 0.583. The van der Waals surface area contributed by atoms with Crippen molar-refractivity contribution in [3.63, 3.8) is 0 Å². The first-order chi connectivity index (χ1) is 14.9. The number of ether oxygens (including phenoxy) is 1. The molecule has 7 N–H and O–H groups in total. The van der Waals surface area contributed by atoms with E-state index >= 15 is 0 Å². The number of phosphoric ester groups is 1. The van der Waals surface area contributed by atoms with Crippen molar-refractivity contribution in [1.82, 2.24) is 19.5 Å². The normalized spacial score (nSPS) is 29.8. The number of halogens is 1. The molecule has 1 fully saturated rings. The summed E-state index contributed by atoms with van der Waals surface area (Å²) >= 11 is 6.47. The summed E-state index contributed by atoms with van der Waals surface area (Å²) in [7, 11) is -16.7. The van der Waals surface area contributed by atoms with Crippen molar-refractivity contribution < 1.29 is 56.3 Å². The molecule has 21 heteroatoms. The number of nitrogen functional groups attached to an aromatic ring is 1. The summed E-state index contributed by atoms with van der Waals surface area (Å²) in [5.41, 5.74) is 6.30. The number of imidazole rings is 1. The second-order valence-electron chi connectivity index (χ2n) is 6.99. The highest BCUT2D eigenvalue weighted by Crippen LogP contribution is 2.66. The van der Waals surface area contributed by atoms with E-state index in [-0.39, 0.29) is 17.0 Å². The molecule has 0 amide bonds. The minimum atomic E-state index is -5.70. The van der Waals surface area contributed by atoms with Gasteiger partial charge in [0.05, 0.1) is 12.9 Å². The van der Waals surface area contributed by atoms with E-state index in [1.165, 1.54) is 17.8 Å². The highest BCUT2D eigenvalue weighted by molar-refractivity contribution is 7.66. The molecule has 0 radical (unpaired) electrons. The molecule has 2 aromatic rings. The summed E-state index contributed by atoms with van der Waals surface area (Å²) in [6.07, 6.45) is -2.74. The van der Waals surface area contributed by atoms with Crippen LogP contribution in [0.3, 0.4) is 0 Å². The van der Waals surface area contributed by atoms with Gasteiger partial charge in [-0.3, -0.25) is 9.09 Å². The quantitative estimate of drug-likeness (QED) is 0.190. The molecule has 6 atom stereocenters. The van der Waals surface area contributed by atoms with Crippen LogP contribution in [0, 0.1) is 6.92 Å². The molecule has 0 saturated carbocycles. The van der Waals surface area contributed by atoms with Crippen molar-refractivity contribution >= 4 is 52.1 Å². The topological polar surface area (TPSA) is 259 Å². The van der Waals surface area contributed by atoms with Gasteiger partial charge >= 0.3 is 23.5 Å². The van der Waals surface area contributed by atoms with E-state index in [1.54, 1.807) is 6.92 Å². The minimum absolute atomic E-state index is 0.0929. The molecule has 1 saturated heterocycles. The van der Waals surface area contributed by atoms with Crippen LogP contribution in [0.15, 0.2) is 6.33 Å². The number of aryl methyl sites for hydroxylation is 1. The largest absolute Gasteiger partial charge is 0.490 e. The van der Waals surface area contributed by atoms with Gasteiger partial charge in [-0.05, 0) is 13.8 Å². The van der Waals surface area contributed by atoms with Crippen LogP contribution in [0.1, 0.15) is 19.0 Å². The summed E-state index contributed by atoms with van der Waals surface area (Å²) in [4.78, 5) is 46.7. The SMILES string of the molecule is Cc1nc(N)c2ncn([C@@H]3O[C@H](COP(=O)(O)OP(=O)(O)OP(=O)(O)O)[C@@H](O)[C@@]3(C)Cl)c2n1. The van der Waals surface area contributed by atoms with E-state index in [9.17, 15) is 28.6 Å². The number of aliphatic hydroxyl groups is 1. The van der Waals surface area contributed by atoms with E-state index < -0.39 is 53.4 Å². The van der Waals surface area contributed by atoms with Crippen LogP contribution in [0.5, 0.6) is 0 Å². The standard InChI is InChI=1S/C12H19ClN5O12P3/c1-5-16-9(14)7-10(17-5)18(4-15-7)11-12(2,13)8(19)6(28-11)3-27-32(23,24)30-33(25,26)29-31(20,21)22/h4,6,8,11,19H,3H2,1-2H3,(H,23,24)(H,25,26)(H2,14,16,17)(H2,20,21,22)/t6-,8-,11-,12-/m1/s1. The Hall–Kier alpha value is -1.03. The molecule has 1 aliphatic rings. The Morgan fingerprint density at radius 3 is 2.45 bits per heavy atom. The van der Waals surface area contributed by atoms with Crippen molar-refractivity contribution in [2.75, 3.05) is 12.3 Å². The number of anilines is 1. The van der Waals surface area contributed by atoms with Gasteiger partial charge in [0.2, 0.25) is 0 Å². The third-order valence-electron chi connectivity index (χ3n) is 4.35. The van der Waals surface area contributed by atoms with Crippen LogP contribution < -0.4 is 5.73 Å². The zero-order chi connectivity index (χ0) is 25.0. The summed E-state index contributed by atoms with van der Waals surface area (Å²) < 4.78 is 52.8. The van der Waals surface area contributed by atoms with Gasteiger partial charge in [-0.15, -0.1) is 11.6 Å². The number of nitrogens with two attached hydrogens (primary N) is 1. The number of alkyl halides is 1. The lowest BCUT2D eigenvalue weighted by atomic mass is 10.0. The van der Waals surface area contributed by atoms with Crippen LogP contribution >= 0.6 is 35.1 Å². The second kappa shape index (κ2) is 8.88. The van der Waals surface area contributed by atoms with Gasteiger partial charge in [-0.1, -0.05) is 0 Å². The molecule has 3 rings (SSSR count). The summed E-state index contributed by atoms with van der Waals surface area (Å²) in [5, 5.41) is 10.6. The molecule has 186 valence electrons. The number of aromatic nitrogens is 4. The van der Waals surface area contributed by atoms with Gasteiger partial charge in [0.15, 0.2) is 17.7 Å². The van der Waals surface area contributed by atoms with E-state index in [0.717, 1.165) is 0 Å². The molecular formula is C12H19ClN5O12P3. The Bertz CT molecular complexity index is 1200. The molecule has 2 aromatic heterocycles. The Balaban J connectivity index is 1.77. The number of phosphoric acid groups is 3. The predicted octanol–water partition coefficient (Wildman–Crippen LogP) is 0.316. The van der Waals surface area contributed by atoms with Crippen LogP contribution in [0.4, 0.5) is 5.82 Å². The highest BCUT2D eigenvalue weighted by atomic mass is 35.5. The fourth-order valence-corrected chi connectivity index (χ4v) is 6.37. The first-order valence-electron chi connectivity index (χ1n) is 8.69. The van der Waals surface area contributed by atoms with Crippen molar-refractivity contribution in [2.45, 2.75) is 37.2 Å². The molecule has 0 spiro atoms. The average Bonchev–Trinajstić information content (AvgIpc) is 3.10. The summed E-state index contributed by atoms with van der Waals surface area (Å²) in [6.45, 7) is 2.09. The first-order valence-corrected chi connectivity index (χ1v) is 13.6. The molecule has 3 heterocycles. The molecule has 0 aromatic carbocycles. The molecular weight excluding hydrogens is 535 g/mol. The monoisotopic (exact) mass is 553 g/mol. The number of hydrogen-bond donors (Lipinski definition) is 6. The first kappa shape index (κ1) is 26.6. The average molecular weight is 554 g/mol. The Labute approximate surface area is 189 Å². The van der Waals surface area contributed by atoms with Crippen molar-refractivity contribution in [2.24, 2.45) is 0 Å². The van der Waals surface area contributed by atoms with Crippen LogP contribution in [-0.4, -0.2) is 67.9 Å². The van der Waals surface area contributed by atoms with Gasteiger partial charge in [-0.2, -0.15) is 8.62 Å². The van der Waals surface area contributed by atoms with E-state index in [2.05, 4.69) is 28.1 Å². The zero-order valence-electron chi connectivity index (χ0n) is 16.7. The van der Waals surface area contributed by atoms with Crippen molar-refractivity contribution in [1.29, 1.82) is 0 Å². The lowest BCUT2D eigenvalue weighted by molar-refractivity contribution is -0.0432. The Morgan fingerprint density at radius 1 is 1.21 bits per heavy atom. The molecule has 33 heavy (non-hydrogen) atoms. The lowest BCUT2D eigenvalue weighted by Gasteiger charge is -2.26. The van der Waals surface area contributed by atoms with Crippen molar-refractivity contribution in [3.05, 3.63) is 12.2 Å². The highest BCUT2D eigenvalue weighted by Gasteiger charge is 2.54. The van der Waals surface area contributed by atoms with Crippen LogP contribution in [0.25, 0.3) is 11.2 Å². The lowest BCUT2D eigenvalue weighted by Crippen LogP contribution is -2.39. The molecule has 1 aliphatic heterocycles. The number of rotatable bonds is 8. The van der Waals surface area contributed by atoms with Gasteiger partial charge in [0.1, 0.15) is 28.4 Å². The number of hydrogen-bond acceptors (Lipinski definition) is 12. The van der Waals surface area contributed by atoms with Gasteiger partial charge in [-0.25, -0.2) is 28.6 Å². The zero-order valence-corrected chi connectivity index (χ0v) is 20.1. The Morgan fingerprint density at radius 2 is 1.85 bits per heavy atom.